The lowest BCUT2D eigenvalue weighted by atomic mass is 9.90. The molecule has 0 saturated heterocycles. The van der Waals surface area contributed by atoms with Crippen LogP contribution in [0.5, 0.6) is 0 Å². The number of urea groups is 1. The molecular formula is C19H31N3O2. The lowest BCUT2D eigenvalue weighted by Crippen LogP contribution is -2.47. The quantitative estimate of drug-likeness (QED) is 0.717. The van der Waals surface area contributed by atoms with Crippen molar-refractivity contribution >= 4 is 6.03 Å². The molecule has 5 nitrogen and oxygen atoms in total. The summed E-state index contributed by atoms with van der Waals surface area (Å²) >= 11 is 0. The summed E-state index contributed by atoms with van der Waals surface area (Å²) in [5.41, 5.74) is 1.15. The van der Waals surface area contributed by atoms with Crippen molar-refractivity contribution in [1.29, 1.82) is 0 Å². The summed E-state index contributed by atoms with van der Waals surface area (Å²) in [7, 11) is 4.21. The van der Waals surface area contributed by atoms with Gasteiger partial charge in [0.2, 0.25) is 0 Å². The van der Waals surface area contributed by atoms with Crippen LogP contribution >= 0.6 is 0 Å². The Labute approximate surface area is 145 Å². The Bertz CT molecular complexity index is 493. The first-order valence-electron chi connectivity index (χ1n) is 8.96. The second-order valence-corrected chi connectivity index (χ2v) is 6.96. The van der Waals surface area contributed by atoms with Gasteiger partial charge < -0.3 is 20.6 Å². The van der Waals surface area contributed by atoms with E-state index in [1.165, 1.54) is 6.42 Å². The van der Waals surface area contributed by atoms with Crippen LogP contribution in [0, 0.1) is 0 Å². The molecule has 134 valence electrons. The number of nitrogens with zero attached hydrogens (tertiary/aromatic N) is 1. The summed E-state index contributed by atoms with van der Waals surface area (Å²) in [5.74, 6) is 0.142. The molecule has 1 aromatic carbocycles. The van der Waals surface area contributed by atoms with Gasteiger partial charge in [-0.1, -0.05) is 30.3 Å². The molecule has 1 aliphatic rings. The summed E-state index contributed by atoms with van der Waals surface area (Å²) < 4.78 is 0. The minimum absolute atomic E-state index is 0.0988. The molecule has 3 N–H and O–H groups in total. The molecule has 1 saturated carbocycles. The molecule has 0 aliphatic heterocycles. The van der Waals surface area contributed by atoms with Crippen molar-refractivity contribution in [2.75, 3.05) is 27.2 Å². The SMILES string of the molecule is CN(C)C1CCCC(NC(=O)NCC(CCO)c2ccccc2)C1. The fourth-order valence-corrected chi connectivity index (χ4v) is 3.48. The van der Waals surface area contributed by atoms with Crippen LogP contribution in [0.4, 0.5) is 4.79 Å². The average Bonchev–Trinajstić information content (AvgIpc) is 2.59. The second-order valence-electron chi connectivity index (χ2n) is 6.96. The number of rotatable bonds is 7. The molecular weight excluding hydrogens is 302 g/mol. The third-order valence-corrected chi connectivity index (χ3v) is 4.97. The van der Waals surface area contributed by atoms with Gasteiger partial charge in [-0.05, 0) is 51.8 Å². The fraction of sp³-hybridized carbons (Fsp3) is 0.632. The summed E-state index contributed by atoms with van der Waals surface area (Å²) in [6, 6.07) is 10.7. The Balaban J connectivity index is 1.80. The van der Waals surface area contributed by atoms with Gasteiger partial charge in [0.05, 0.1) is 0 Å². The van der Waals surface area contributed by atoms with Crippen LogP contribution in [0.2, 0.25) is 0 Å². The Morgan fingerprint density at radius 1 is 1.29 bits per heavy atom. The molecule has 2 amide bonds. The molecule has 0 heterocycles. The largest absolute Gasteiger partial charge is 0.396 e. The maximum absolute atomic E-state index is 12.2. The van der Waals surface area contributed by atoms with Crippen LogP contribution in [0.25, 0.3) is 0 Å². The predicted octanol–water partition coefficient (Wildman–Crippen LogP) is 2.32. The smallest absolute Gasteiger partial charge is 0.315 e. The summed E-state index contributed by atoms with van der Waals surface area (Å²) in [6.07, 6.45) is 5.08. The highest BCUT2D eigenvalue weighted by atomic mass is 16.3. The van der Waals surface area contributed by atoms with Gasteiger partial charge in [0.25, 0.3) is 0 Å². The molecule has 0 bridgehead atoms. The number of aliphatic hydroxyl groups excluding tert-OH is 1. The molecule has 1 aliphatic carbocycles. The third kappa shape index (κ3) is 5.80. The summed E-state index contributed by atoms with van der Waals surface area (Å²) in [6.45, 7) is 0.663. The zero-order valence-corrected chi connectivity index (χ0v) is 14.9. The molecule has 1 fully saturated rings. The van der Waals surface area contributed by atoms with Gasteiger partial charge in [0.1, 0.15) is 0 Å². The Morgan fingerprint density at radius 3 is 2.71 bits per heavy atom. The Morgan fingerprint density at radius 2 is 2.04 bits per heavy atom. The average molecular weight is 333 g/mol. The van der Waals surface area contributed by atoms with Crippen molar-refractivity contribution in [3.8, 4) is 0 Å². The van der Waals surface area contributed by atoms with Crippen molar-refractivity contribution in [3.05, 3.63) is 35.9 Å². The van der Waals surface area contributed by atoms with Gasteiger partial charge in [0.15, 0.2) is 0 Å². The van der Waals surface area contributed by atoms with Crippen molar-refractivity contribution in [1.82, 2.24) is 15.5 Å². The second kappa shape index (κ2) is 9.64. The molecule has 0 aromatic heterocycles. The van der Waals surface area contributed by atoms with Crippen LogP contribution in [0.1, 0.15) is 43.6 Å². The minimum atomic E-state index is -0.0988. The van der Waals surface area contributed by atoms with Gasteiger partial charge in [-0.25, -0.2) is 4.79 Å². The molecule has 1 aromatic rings. The maximum atomic E-state index is 12.2. The fourth-order valence-electron chi connectivity index (χ4n) is 3.48. The topological polar surface area (TPSA) is 64.6 Å². The van der Waals surface area contributed by atoms with E-state index in [0.717, 1.165) is 24.8 Å². The highest BCUT2D eigenvalue weighted by Gasteiger charge is 2.24. The lowest BCUT2D eigenvalue weighted by Gasteiger charge is -2.33. The van der Waals surface area contributed by atoms with Crippen molar-refractivity contribution in [3.63, 3.8) is 0 Å². The monoisotopic (exact) mass is 333 g/mol. The van der Waals surface area contributed by atoms with E-state index in [9.17, 15) is 9.90 Å². The van der Waals surface area contributed by atoms with Gasteiger partial charge >= 0.3 is 6.03 Å². The first-order valence-corrected chi connectivity index (χ1v) is 8.96. The summed E-state index contributed by atoms with van der Waals surface area (Å²) in [4.78, 5) is 14.5. The van der Waals surface area contributed by atoms with E-state index in [1.807, 2.05) is 30.3 Å². The van der Waals surface area contributed by atoms with E-state index in [4.69, 9.17) is 0 Å². The normalized spacial score (nSPS) is 22.2. The van der Waals surface area contributed by atoms with Crippen LogP contribution < -0.4 is 10.6 Å². The molecule has 0 radical (unpaired) electrons. The van der Waals surface area contributed by atoms with E-state index < -0.39 is 0 Å². The van der Waals surface area contributed by atoms with E-state index >= 15 is 0 Å². The van der Waals surface area contributed by atoms with Crippen molar-refractivity contribution < 1.29 is 9.90 Å². The Kier molecular flexibility index (Phi) is 7.53. The number of amides is 2. The van der Waals surface area contributed by atoms with Gasteiger partial charge in [-0.15, -0.1) is 0 Å². The number of carbonyl (C=O) groups is 1. The highest BCUT2D eigenvalue weighted by Crippen LogP contribution is 2.22. The van der Waals surface area contributed by atoms with Crippen molar-refractivity contribution in [2.45, 2.75) is 50.1 Å². The predicted molar refractivity (Wildman–Crippen MR) is 97.2 cm³/mol. The third-order valence-electron chi connectivity index (χ3n) is 4.97. The van der Waals surface area contributed by atoms with E-state index in [2.05, 4.69) is 29.6 Å². The molecule has 0 spiro atoms. The number of aliphatic hydroxyl groups is 1. The summed E-state index contributed by atoms with van der Waals surface area (Å²) in [5, 5.41) is 15.4. The van der Waals surface area contributed by atoms with Gasteiger partial charge in [0, 0.05) is 31.2 Å². The Hall–Kier alpha value is -1.59. The molecule has 24 heavy (non-hydrogen) atoms. The zero-order chi connectivity index (χ0) is 17.4. The highest BCUT2D eigenvalue weighted by molar-refractivity contribution is 5.74. The maximum Gasteiger partial charge on any atom is 0.315 e. The number of carbonyl (C=O) groups excluding carboxylic acids is 1. The van der Waals surface area contributed by atoms with Crippen molar-refractivity contribution in [2.24, 2.45) is 0 Å². The molecule has 5 heteroatoms. The van der Waals surface area contributed by atoms with Crippen LogP contribution in [0.3, 0.4) is 0 Å². The van der Waals surface area contributed by atoms with Crippen LogP contribution in [-0.4, -0.2) is 55.4 Å². The number of benzene rings is 1. The van der Waals surface area contributed by atoms with Gasteiger partial charge in [-0.3, -0.25) is 0 Å². The first-order chi connectivity index (χ1) is 11.6. The van der Waals surface area contributed by atoms with Crippen LogP contribution in [0.15, 0.2) is 30.3 Å². The van der Waals surface area contributed by atoms with E-state index in [0.29, 0.717) is 19.0 Å². The number of nitrogens with one attached hydrogen (secondary N) is 2. The minimum Gasteiger partial charge on any atom is -0.396 e. The standard InChI is InChI=1S/C19H31N3O2/c1-22(2)18-10-6-9-17(13-18)21-19(24)20-14-16(11-12-23)15-7-4-3-5-8-15/h3-5,7-8,16-18,23H,6,9-14H2,1-2H3,(H2,20,21,24). The lowest BCUT2D eigenvalue weighted by molar-refractivity contribution is 0.192. The first kappa shape index (κ1) is 18.7. The molecule has 3 unspecified atom stereocenters. The van der Waals surface area contributed by atoms with E-state index in [-0.39, 0.29) is 24.6 Å². The molecule has 2 rings (SSSR count). The van der Waals surface area contributed by atoms with E-state index in [1.54, 1.807) is 0 Å². The zero-order valence-electron chi connectivity index (χ0n) is 14.9. The number of hydrogen-bond donors (Lipinski definition) is 3. The van der Waals surface area contributed by atoms with Crippen LogP contribution in [-0.2, 0) is 0 Å². The molecule has 3 atom stereocenters. The van der Waals surface area contributed by atoms with Gasteiger partial charge in [-0.2, -0.15) is 0 Å². The number of hydrogen-bond acceptors (Lipinski definition) is 3.